The number of fused-ring (bicyclic) bond motifs is 1. The molecule has 0 spiro atoms. The van der Waals surface area contributed by atoms with E-state index < -0.39 is 18.2 Å². The van der Waals surface area contributed by atoms with E-state index in [2.05, 4.69) is 0 Å². The third-order valence-corrected chi connectivity index (χ3v) is 8.22. The van der Waals surface area contributed by atoms with Crippen LogP contribution in [0.1, 0.15) is 54.9 Å². The van der Waals surface area contributed by atoms with Crippen LogP contribution in [0.25, 0.3) is 11.1 Å². The fraction of sp³-hybridized carbons (Fsp3) is 0.371. The first-order valence-corrected chi connectivity index (χ1v) is 14.9. The van der Waals surface area contributed by atoms with E-state index in [1.165, 1.54) is 4.90 Å². The van der Waals surface area contributed by atoms with Crippen LogP contribution in [-0.4, -0.2) is 54.0 Å². The van der Waals surface area contributed by atoms with Crippen molar-refractivity contribution >= 4 is 23.8 Å². The van der Waals surface area contributed by atoms with E-state index >= 15 is 0 Å². The summed E-state index contributed by atoms with van der Waals surface area (Å²) < 4.78 is 16.9. The molecule has 1 saturated heterocycles. The SMILES string of the molecule is CCCN(CC(=O)CCC1C(OC(=O)c2ccc(-c3ccccc3)cc2)CC2OC(=O)CC21)C(=O)OCc1ccccc1. The van der Waals surface area contributed by atoms with Gasteiger partial charge in [0.05, 0.1) is 18.5 Å². The summed E-state index contributed by atoms with van der Waals surface area (Å²) in [6.45, 7) is 2.41. The van der Waals surface area contributed by atoms with E-state index in [9.17, 15) is 19.2 Å². The van der Waals surface area contributed by atoms with E-state index in [0.29, 0.717) is 31.4 Å². The Morgan fingerprint density at radius 1 is 0.907 bits per heavy atom. The number of benzene rings is 3. The zero-order valence-electron chi connectivity index (χ0n) is 24.4. The predicted octanol–water partition coefficient (Wildman–Crippen LogP) is 6.23. The lowest BCUT2D eigenvalue weighted by molar-refractivity contribution is -0.141. The zero-order chi connectivity index (χ0) is 30.2. The second kappa shape index (κ2) is 14.1. The highest BCUT2D eigenvalue weighted by Crippen LogP contribution is 2.45. The molecule has 4 unspecified atom stereocenters. The molecule has 3 aromatic rings. The predicted molar refractivity (Wildman–Crippen MR) is 160 cm³/mol. The van der Waals surface area contributed by atoms with E-state index in [1.807, 2.05) is 79.7 Å². The maximum Gasteiger partial charge on any atom is 0.410 e. The fourth-order valence-electron chi connectivity index (χ4n) is 6.06. The highest BCUT2D eigenvalue weighted by molar-refractivity contribution is 5.90. The standard InChI is InChI=1S/C35H37NO7/c1-2-19-36(35(40)41-23-24-9-5-3-6-10-24)22-28(37)17-18-29-30-20-33(38)42-32(30)21-31(29)43-34(39)27-15-13-26(14-16-27)25-11-7-4-8-12-25/h3-16,29-32H,2,17-23H2,1H3. The van der Waals surface area contributed by atoms with Crippen LogP contribution in [0.2, 0.25) is 0 Å². The van der Waals surface area contributed by atoms with Crippen LogP contribution in [0.5, 0.6) is 0 Å². The molecule has 0 N–H and O–H groups in total. The number of hydrogen-bond acceptors (Lipinski definition) is 7. The molecule has 1 aliphatic heterocycles. The van der Waals surface area contributed by atoms with Crippen molar-refractivity contribution in [2.24, 2.45) is 11.8 Å². The summed E-state index contributed by atoms with van der Waals surface area (Å²) in [5, 5.41) is 0. The molecule has 1 saturated carbocycles. The molecule has 1 heterocycles. The lowest BCUT2D eigenvalue weighted by Gasteiger charge is -2.24. The molecule has 2 aliphatic rings. The van der Waals surface area contributed by atoms with Gasteiger partial charge >= 0.3 is 18.0 Å². The van der Waals surface area contributed by atoms with Crippen LogP contribution in [0.15, 0.2) is 84.9 Å². The highest BCUT2D eigenvalue weighted by atomic mass is 16.6. The zero-order valence-corrected chi connectivity index (χ0v) is 24.4. The van der Waals surface area contributed by atoms with Crippen molar-refractivity contribution < 1.29 is 33.4 Å². The Morgan fingerprint density at radius 2 is 1.58 bits per heavy atom. The van der Waals surface area contributed by atoms with Gasteiger partial charge in [-0.05, 0) is 41.7 Å². The first-order valence-electron chi connectivity index (χ1n) is 14.9. The summed E-state index contributed by atoms with van der Waals surface area (Å²) >= 11 is 0. The van der Waals surface area contributed by atoms with E-state index in [1.54, 1.807) is 12.1 Å². The van der Waals surface area contributed by atoms with E-state index in [4.69, 9.17) is 14.2 Å². The lowest BCUT2D eigenvalue weighted by Crippen LogP contribution is -2.37. The molecule has 1 amide bonds. The van der Waals surface area contributed by atoms with Gasteiger partial charge in [-0.2, -0.15) is 0 Å². The van der Waals surface area contributed by atoms with Gasteiger partial charge in [-0.1, -0.05) is 79.7 Å². The van der Waals surface area contributed by atoms with Crippen LogP contribution in [-0.2, 0) is 30.4 Å². The maximum absolute atomic E-state index is 13.1. The summed E-state index contributed by atoms with van der Waals surface area (Å²) in [6, 6.07) is 26.6. The topological polar surface area (TPSA) is 99.2 Å². The Kier molecular flexibility index (Phi) is 9.87. The average Bonchev–Trinajstić information content (AvgIpc) is 3.54. The van der Waals surface area contributed by atoms with Crippen LogP contribution < -0.4 is 0 Å². The van der Waals surface area contributed by atoms with Gasteiger partial charge in [0.1, 0.15) is 18.8 Å². The van der Waals surface area contributed by atoms with Gasteiger partial charge in [0.15, 0.2) is 5.78 Å². The average molecular weight is 584 g/mol. The first kappa shape index (κ1) is 30.0. The molecule has 2 fully saturated rings. The van der Waals surface area contributed by atoms with E-state index in [-0.39, 0.29) is 55.7 Å². The van der Waals surface area contributed by atoms with Crippen molar-refractivity contribution in [2.45, 2.75) is 57.8 Å². The van der Waals surface area contributed by atoms with Crippen LogP contribution >= 0.6 is 0 Å². The number of esters is 2. The van der Waals surface area contributed by atoms with Gasteiger partial charge in [-0.15, -0.1) is 0 Å². The monoisotopic (exact) mass is 583 g/mol. The second-order valence-corrected chi connectivity index (χ2v) is 11.2. The summed E-state index contributed by atoms with van der Waals surface area (Å²) in [5.74, 6) is -1.12. The number of ketones is 1. The Balaban J connectivity index is 1.18. The van der Waals surface area contributed by atoms with E-state index in [0.717, 1.165) is 16.7 Å². The van der Waals surface area contributed by atoms with Gasteiger partial charge in [0, 0.05) is 31.2 Å². The number of amides is 1. The van der Waals surface area contributed by atoms with Gasteiger partial charge in [0.25, 0.3) is 0 Å². The smallest absolute Gasteiger partial charge is 0.410 e. The molecule has 224 valence electrons. The van der Waals surface area contributed by atoms with Crippen molar-refractivity contribution in [2.75, 3.05) is 13.1 Å². The van der Waals surface area contributed by atoms with Crippen molar-refractivity contribution in [3.8, 4) is 11.1 Å². The molecule has 0 radical (unpaired) electrons. The molecule has 43 heavy (non-hydrogen) atoms. The fourth-order valence-corrected chi connectivity index (χ4v) is 6.06. The van der Waals surface area contributed by atoms with Gasteiger partial charge in [-0.25, -0.2) is 9.59 Å². The summed E-state index contributed by atoms with van der Waals surface area (Å²) in [6.07, 6.45) is 0.641. The number of Topliss-reactive ketones (excluding diaryl/α,β-unsaturated/α-hetero) is 1. The number of rotatable bonds is 12. The first-order chi connectivity index (χ1) is 20.9. The molecule has 3 aromatic carbocycles. The van der Waals surface area contributed by atoms with Gasteiger partial charge < -0.3 is 19.1 Å². The Hall–Kier alpha value is -4.46. The molecular weight excluding hydrogens is 546 g/mol. The quantitative estimate of drug-likeness (QED) is 0.184. The molecule has 8 nitrogen and oxygen atoms in total. The second-order valence-electron chi connectivity index (χ2n) is 11.2. The van der Waals surface area contributed by atoms with Crippen molar-refractivity contribution in [1.82, 2.24) is 4.90 Å². The minimum atomic E-state index is -0.528. The minimum Gasteiger partial charge on any atom is -0.462 e. The Bertz CT molecular complexity index is 1410. The molecule has 0 bridgehead atoms. The van der Waals surface area contributed by atoms with Gasteiger partial charge in [-0.3, -0.25) is 9.59 Å². The Morgan fingerprint density at radius 3 is 2.28 bits per heavy atom. The third-order valence-electron chi connectivity index (χ3n) is 8.22. The number of nitrogens with zero attached hydrogens (tertiary/aromatic N) is 1. The molecule has 4 atom stereocenters. The van der Waals surface area contributed by atoms with Gasteiger partial charge in [0.2, 0.25) is 0 Å². The molecule has 5 rings (SSSR count). The summed E-state index contributed by atoms with van der Waals surface area (Å²) in [4.78, 5) is 52.4. The number of carbonyl (C=O) groups is 4. The lowest BCUT2D eigenvalue weighted by atomic mass is 9.87. The highest BCUT2D eigenvalue weighted by Gasteiger charge is 2.51. The Labute approximate surface area is 251 Å². The van der Waals surface area contributed by atoms with Crippen molar-refractivity contribution in [3.05, 3.63) is 96.1 Å². The number of ether oxygens (including phenoxy) is 3. The van der Waals surface area contributed by atoms with Crippen molar-refractivity contribution in [3.63, 3.8) is 0 Å². The molecule has 1 aliphatic carbocycles. The number of carbonyl (C=O) groups excluding carboxylic acids is 4. The molecule has 8 heteroatoms. The molecule has 0 aromatic heterocycles. The number of hydrogen-bond donors (Lipinski definition) is 0. The third kappa shape index (κ3) is 7.69. The summed E-state index contributed by atoms with van der Waals surface area (Å²) in [5.41, 5.74) is 3.36. The maximum atomic E-state index is 13.1. The normalized spacial score (nSPS) is 20.6. The van der Waals surface area contributed by atoms with Crippen LogP contribution in [0.3, 0.4) is 0 Å². The molecular formula is C35H37NO7. The largest absolute Gasteiger partial charge is 0.462 e. The van der Waals surface area contributed by atoms with Crippen LogP contribution in [0, 0.1) is 11.8 Å². The summed E-state index contributed by atoms with van der Waals surface area (Å²) in [7, 11) is 0. The minimum absolute atomic E-state index is 0.0596. The van der Waals surface area contributed by atoms with Crippen molar-refractivity contribution in [1.29, 1.82) is 0 Å². The van der Waals surface area contributed by atoms with Crippen LogP contribution in [0.4, 0.5) is 4.79 Å².